The molecule has 0 atom stereocenters. The molecule has 0 fully saturated rings. The summed E-state index contributed by atoms with van der Waals surface area (Å²) in [6.45, 7) is 3.89. The van der Waals surface area contributed by atoms with E-state index >= 15 is 0 Å². The molecule has 0 spiro atoms. The van der Waals surface area contributed by atoms with Crippen LogP contribution in [0, 0.1) is 0 Å². The van der Waals surface area contributed by atoms with Gasteiger partial charge in [0.05, 0.1) is 5.71 Å². The summed E-state index contributed by atoms with van der Waals surface area (Å²) in [4.78, 5) is 0. The number of hydrogen-bond acceptors (Lipinski definition) is 2. The molecule has 0 heterocycles. The zero-order valence-corrected chi connectivity index (χ0v) is 7.41. The highest BCUT2D eigenvalue weighted by atomic mass is 16.4. The molecule has 2 heteroatoms. The van der Waals surface area contributed by atoms with E-state index in [1.165, 1.54) is 5.56 Å². The predicted octanol–water partition coefficient (Wildman–Crippen LogP) is 2.45. The van der Waals surface area contributed by atoms with E-state index < -0.39 is 0 Å². The highest BCUT2D eigenvalue weighted by Gasteiger charge is 1.97. The summed E-state index contributed by atoms with van der Waals surface area (Å²) in [6, 6.07) is 8.01. The Balaban J connectivity index is 3.02. The molecular weight excluding hydrogens is 150 g/mol. The van der Waals surface area contributed by atoms with Crippen molar-refractivity contribution in [3.05, 3.63) is 35.4 Å². The van der Waals surface area contributed by atoms with E-state index in [4.69, 9.17) is 5.21 Å². The third-order valence-corrected chi connectivity index (χ3v) is 1.90. The van der Waals surface area contributed by atoms with Gasteiger partial charge in [-0.25, -0.2) is 0 Å². The van der Waals surface area contributed by atoms with Crippen molar-refractivity contribution in [1.82, 2.24) is 0 Å². The maximum Gasteiger partial charge on any atom is 0.0837 e. The van der Waals surface area contributed by atoms with E-state index in [0.717, 1.165) is 12.0 Å². The SMILES string of the molecule is CCc1cccc(C(C)=NO)c1. The molecule has 0 radical (unpaired) electrons. The Kier molecular flexibility index (Phi) is 2.86. The standard InChI is InChI=1S/C10H13NO/c1-3-9-5-4-6-10(7-9)8(2)11-12/h4-7,12H,3H2,1-2H3. The normalized spacial score (nSPS) is 11.7. The van der Waals surface area contributed by atoms with Gasteiger partial charge in [-0.1, -0.05) is 30.3 Å². The third kappa shape index (κ3) is 1.84. The predicted molar refractivity (Wildman–Crippen MR) is 49.8 cm³/mol. The Labute approximate surface area is 72.5 Å². The first-order valence-corrected chi connectivity index (χ1v) is 4.06. The van der Waals surface area contributed by atoms with Gasteiger partial charge in [-0.2, -0.15) is 0 Å². The monoisotopic (exact) mass is 163 g/mol. The van der Waals surface area contributed by atoms with Crippen LogP contribution >= 0.6 is 0 Å². The van der Waals surface area contributed by atoms with Crippen LogP contribution in [0.5, 0.6) is 0 Å². The highest BCUT2D eigenvalue weighted by molar-refractivity contribution is 5.98. The first-order valence-electron chi connectivity index (χ1n) is 4.06. The number of aryl methyl sites for hydroxylation is 1. The number of nitrogens with zero attached hydrogens (tertiary/aromatic N) is 1. The molecule has 0 amide bonds. The summed E-state index contributed by atoms with van der Waals surface area (Å²) in [7, 11) is 0. The molecule has 12 heavy (non-hydrogen) atoms. The fraction of sp³-hybridized carbons (Fsp3) is 0.300. The second kappa shape index (κ2) is 3.90. The van der Waals surface area contributed by atoms with Crippen LogP contribution in [0.4, 0.5) is 0 Å². The van der Waals surface area contributed by atoms with Gasteiger partial charge >= 0.3 is 0 Å². The summed E-state index contributed by atoms with van der Waals surface area (Å²) in [5.74, 6) is 0. The Bertz CT molecular complexity index is 292. The lowest BCUT2D eigenvalue weighted by molar-refractivity contribution is 0.319. The van der Waals surface area contributed by atoms with Crippen molar-refractivity contribution in [1.29, 1.82) is 0 Å². The van der Waals surface area contributed by atoms with Crippen LogP contribution in [0.25, 0.3) is 0 Å². The van der Waals surface area contributed by atoms with Crippen molar-refractivity contribution < 1.29 is 5.21 Å². The van der Waals surface area contributed by atoms with E-state index in [-0.39, 0.29) is 0 Å². The molecule has 1 aromatic carbocycles. The molecule has 2 nitrogen and oxygen atoms in total. The van der Waals surface area contributed by atoms with Crippen LogP contribution < -0.4 is 0 Å². The van der Waals surface area contributed by atoms with E-state index in [1.54, 1.807) is 6.92 Å². The van der Waals surface area contributed by atoms with Crippen LogP contribution in [0.3, 0.4) is 0 Å². The molecule has 1 rings (SSSR count). The molecule has 0 aromatic heterocycles. The topological polar surface area (TPSA) is 32.6 Å². The molecule has 0 aliphatic carbocycles. The Hall–Kier alpha value is -1.31. The molecule has 0 unspecified atom stereocenters. The quantitative estimate of drug-likeness (QED) is 0.405. The highest BCUT2D eigenvalue weighted by Crippen LogP contribution is 2.06. The average molecular weight is 163 g/mol. The van der Waals surface area contributed by atoms with Crippen LogP contribution in [0.15, 0.2) is 29.4 Å². The van der Waals surface area contributed by atoms with Gasteiger partial charge in [-0.15, -0.1) is 0 Å². The molecule has 0 aliphatic heterocycles. The van der Waals surface area contributed by atoms with Gasteiger partial charge < -0.3 is 5.21 Å². The number of benzene rings is 1. The fourth-order valence-corrected chi connectivity index (χ4v) is 1.07. The lowest BCUT2D eigenvalue weighted by Crippen LogP contribution is -1.94. The number of rotatable bonds is 2. The van der Waals surface area contributed by atoms with Crippen molar-refractivity contribution in [3.8, 4) is 0 Å². The number of oxime groups is 1. The third-order valence-electron chi connectivity index (χ3n) is 1.90. The summed E-state index contributed by atoms with van der Waals surface area (Å²) in [6.07, 6.45) is 1.01. The average Bonchev–Trinajstić information content (AvgIpc) is 2.17. The van der Waals surface area contributed by atoms with E-state index in [1.807, 2.05) is 18.2 Å². The molecular formula is C10H13NO. The van der Waals surface area contributed by atoms with Gasteiger partial charge in [0, 0.05) is 0 Å². The van der Waals surface area contributed by atoms with Crippen LogP contribution in [0.1, 0.15) is 25.0 Å². The minimum atomic E-state index is 0.658. The van der Waals surface area contributed by atoms with Gasteiger partial charge in [-0.05, 0) is 30.5 Å². The first kappa shape index (κ1) is 8.78. The Morgan fingerprint density at radius 3 is 2.83 bits per heavy atom. The smallest absolute Gasteiger partial charge is 0.0837 e. The van der Waals surface area contributed by atoms with E-state index in [0.29, 0.717) is 5.71 Å². The fourth-order valence-electron chi connectivity index (χ4n) is 1.07. The van der Waals surface area contributed by atoms with Crippen LogP contribution in [-0.4, -0.2) is 10.9 Å². The van der Waals surface area contributed by atoms with Crippen molar-refractivity contribution in [2.75, 3.05) is 0 Å². The van der Waals surface area contributed by atoms with Gasteiger partial charge in [-0.3, -0.25) is 0 Å². The van der Waals surface area contributed by atoms with Crippen molar-refractivity contribution in [3.63, 3.8) is 0 Å². The second-order valence-corrected chi connectivity index (χ2v) is 2.74. The summed E-state index contributed by atoms with van der Waals surface area (Å²) < 4.78 is 0. The Morgan fingerprint density at radius 2 is 2.25 bits per heavy atom. The minimum absolute atomic E-state index is 0.658. The van der Waals surface area contributed by atoms with Gasteiger partial charge in [0.25, 0.3) is 0 Å². The van der Waals surface area contributed by atoms with E-state index in [9.17, 15) is 0 Å². The summed E-state index contributed by atoms with van der Waals surface area (Å²) >= 11 is 0. The maximum absolute atomic E-state index is 8.54. The molecule has 0 aliphatic rings. The van der Waals surface area contributed by atoms with Crippen LogP contribution in [0.2, 0.25) is 0 Å². The molecule has 1 aromatic rings. The first-order chi connectivity index (χ1) is 5.77. The van der Waals surface area contributed by atoms with Crippen molar-refractivity contribution in [2.24, 2.45) is 5.16 Å². The van der Waals surface area contributed by atoms with E-state index in [2.05, 4.69) is 18.1 Å². The minimum Gasteiger partial charge on any atom is -0.411 e. The lowest BCUT2D eigenvalue weighted by atomic mass is 10.1. The van der Waals surface area contributed by atoms with Crippen molar-refractivity contribution >= 4 is 5.71 Å². The zero-order valence-electron chi connectivity index (χ0n) is 7.41. The van der Waals surface area contributed by atoms with Crippen LogP contribution in [-0.2, 0) is 6.42 Å². The molecule has 1 N–H and O–H groups in total. The van der Waals surface area contributed by atoms with Gasteiger partial charge in [0.15, 0.2) is 0 Å². The zero-order chi connectivity index (χ0) is 8.97. The molecule has 64 valence electrons. The lowest BCUT2D eigenvalue weighted by Gasteiger charge is -2.00. The number of hydrogen-bond donors (Lipinski definition) is 1. The largest absolute Gasteiger partial charge is 0.411 e. The molecule has 0 saturated carbocycles. The summed E-state index contributed by atoms with van der Waals surface area (Å²) in [5.41, 5.74) is 2.90. The maximum atomic E-state index is 8.54. The van der Waals surface area contributed by atoms with Gasteiger partial charge in [0.1, 0.15) is 0 Å². The Morgan fingerprint density at radius 1 is 1.50 bits per heavy atom. The summed E-state index contributed by atoms with van der Waals surface area (Å²) in [5, 5.41) is 11.7. The molecule has 0 bridgehead atoms. The van der Waals surface area contributed by atoms with Gasteiger partial charge in [0.2, 0.25) is 0 Å². The second-order valence-electron chi connectivity index (χ2n) is 2.74. The van der Waals surface area contributed by atoms with Crippen molar-refractivity contribution in [2.45, 2.75) is 20.3 Å². The molecule has 0 saturated heterocycles.